The predicted octanol–water partition coefficient (Wildman–Crippen LogP) is 2.26. The van der Waals surface area contributed by atoms with Gasteiger partial charge < -0.3 is 9.84 Å². The fraction of sp³-hybridized carbons (Fsp3) is 0.550. The zero-order chi connectivity index (χ0) is 17.9. The molecule has 2 fully saturated rings. The number of ether oxygens (including phenoxy) is 1. The number of fused-ring (bicyclic) bond motifs is 1. The number of hydrogen-bond acceptors (Lipinski definition) is 5. The first-order valence-electron chi connectivity index (χ1n) is 9.40. The average Bonchev–Trinajstić information content (AvgIpc) is 3.04. The fourth-order valence-corrected chi connectivity index (χ4v) is 4.33. The third-order valence-corrected chi connectivity index (χ3v) is 5.81. The molecule has 2 aliphatic heterocycles. The van der Waals surface area contributed by atoms with E-state index in [1.54, 1.807) is 0 Å². The van der Waals surface area contributed by atoms with E-state index in [1.165, 1.54) is 0 Å². The van der Waals surface area contributed by atoms with E-state index in [-0.39, 0.29) is 6.61 Å². The number of aliphatic hydroxyl groups is 1. The summed E-state index contributed by atoms with van der Waals surface area (Å²) in [6.45, 7) is 7.75. The van der Waals surface area contributed by atoms with Crippen molar-refractivity contribution in [2.75, 3.05) is 52.5 Å². The van der Waals surface area contributed by atoms with Gasteiger partial charge in [0.05, 0.1) is 24.4 Å². The zero-order valence-corrected chi connectivity index (χ0v) is 15.7. The van der Waals surface area contributed by atoms with Crippen LogP contribution in [0.5, 0.6) is 0 Å². The van der Waals surface area contributed by atoms with E-state index >= 15 is 0 Å². The van der Waals surface area contributed by atoms with E-state index < -0.39 is 0 Å². The Morgan fingerprint density at radius 3 is 2.69 bits per heavy atom. The second-order valence-electron chi connectivity index (χ2n) is 7.45. The van der Waals surface area contributed by atoms with E-state index in [4.69, 9.17) is 21.3 Å². The standard InChI is InChI=1S/C20H26ClN3O2/c21-18-2-4-20-15(9-18)1-3-19(22-20)13-24-11-16(17(12-24)14-25)10-23-5-7-26-8-6-23/h1-4,9,16-17,25H,5-8,10-14H2/t16-,17-/m1/s1. The number of likely N-dealkylation sites (tertiary alicyclic amines) is 1. The summed E-state index contributed by atoms with van der Waals surface area (Å²) >= 11 is 6.05. The van der Waals surface area contributed by atoms with Gasteiger partial charge in [0.15, 0.2) is 0 Å². The topological polar surface area (TPSA) is 48.8 Å². The van der Waals surface area contributed by atoms with Crippen LogP contribution in [0.4, 0.5) is 0 Å². The SMILES string of the molecule is OC[C@H]1CN(Cc2ccc3cc(Cl)ccc3n2)C[C@H]1CN1CCOCC1. The molecule has 2 aromatic rings. The number of morpholine rings is 1. The Hall–Kier alpha value is -1.24. The molecule has 0 radical (unpaired) electrons. The van der Waals surface area contributed by atoms with Crippen molar-refractivity contribution >= 4 is 22.5 Å². The smallest absolute Gasteiger partial charge is 0.0706 e. The molecule has 2 atom stereocenters. The van der Waals surface area contributed by atoms with Crippen molar-refractivity contribution in [3.63, 3.8) is 0 Å². The third kappa shape index (κ3) is 4.18. The second kappa shape index (κ2) is 8.19. The van der Waals surface area contributed by atoms with Gasteiger partial charge in [-0.25, -0.2) is 0 Å². The van der Waals surface area contributed by atoms with Crippen molar-refractivity contribution in [2.45, 2.75) is 6.54 Å². The molecule has 1 aromatic carbocycles. The van der Waals surface area contributed by atoms with Gasteiger partial charge in [-0.3, -0.25) is 14.8 Å². The Balaban J connectivity index is 1.41. The Labute approximate surface area is 159 Å². The molecule has 4 rings (SSSR count). The Morgan fingerprint density at radius 2 is 1.88 bits per heavy atom. The van der Waals surface area contributed by atoms with Gasteiger partial charge in [-0.15, -0.1) is 0 Å². The zero-order valence-electron chi connectivity index (χ0n) is 15.0. The number of rotatable bonds is 5. The number of aliphatic hydroxyl groups excluding tert-OH is 1. The highest BCUT2D eigenvalue weighted by Crippen LogP contribution is 2.26. The first-order valence-corrected chi connectivity index (χ1v) is 9.77. The van der Waals surface area contributed by atoms with Crippen molar-refractivity contribution in [3.05, 3.63) is 41.0 Å². The maximum Gasteiger partial charge on any atom is 0.0706 e. The van der Waals surface area contributed by atoms with Crippen LogP contribution < -0.4 is 0 Å². The Bertz CT molecular complexity index is 751. The van der Waals surface area contributed by atoms with Gasteiger partial charge in [-0.05, 0) is 36.1 Å². The molecular formula is C20H26ClN3O2. The summed E-state index contributed by atoms with van der Waals surface area (Å²) in [6.07, 6.45) is 0. The van der Waals surface area contributed by atoms with E-state index in [2.05, 4.69) is 21.9 Å². The van der Waals surface area contributed by atoms with Gasteiger partial charge in [0.1, 0.15) is 0 Å². The van der Waals surface area contributed by atoms with Gasteiger partial charge in [0.2, 0.25) is 0 Å². The lowest BCUT2D eigenvalue weighted by molar-refractivity contribution is 0.0264. The van der Waals surface area contributed by atoms with Crippen molar-refractivity contribution in [3.8, 4) is 0 Å². The first-order chi connectivity index (χ1) is 12.7. The summed E-state index contributed by atoms with van der Waals surface area (Å²) in [5, 5.41) is 11.6. The molecule has 1 N–H and O–H groups in total. The van der Waals surface area contributed by atoms with Crippen LogP contribution in [0, 0.1) is 11.8 Å². The first kappa shape index (κ1) is 18.1. The van der Waals surface area contributed by atoms with E-state index in [0.717, 1.165) is 74.1 Å². The molecule has 0 amide bonds. The van der Waals surface area contributed by atoms with Crippen LogP contribution in [0.15, 0.2) is 30.3 Å². The van der Waals surface area contributed by atoms with Crippen molar-refractivity contribution in [1.29, 1.82) is 0 Å². The van der Waals surface area contributed by atoms with E-state index in [9.17, 15) is 5.11 Å². The van der Waals surface area contributed by atoms with Crippen LogP contribution in [-0.2, 0) is 11.3 Å². The maximum absolute atomic E-state index is 9.82. The molecular weight excluding hydrogens is 350 g/mol. The summed E-state index contributed by atoms with van der Waals surface area (Å²) in [5.74, 6) is 0.856. The summed E-state index contributed by atoms with van der Waals surface area (Å²) in [5.41, 5.74) is 2.05. The lowest BCUT2D eigenvalue weighted by Crippen LogP contribution is -2.41. The van der Waals surface area contributed by atoms with Gasteiger partial charge in [-0.2, -0.15) is 0 Å². The highest BCUT2D eigenvalue weighted by Gasteiger charge is 2.33. The van der Waals surface area contributed by atoms with Gasteiger partial charge in [-0.1, -0.05) is 17.7 Å². The van der Waals surface area contributed by atoms with E-state index in [0.29, 0.717) is 11.8 Å². The minimum atomic E-state index is 0.259. The Kier molecular flexibility index (Phi) is 5.72. The molecule has 3 heterocycles. The molecule has 0 aliphatic carbocycles. The van der Waals surface area contributed by atoms with Crippen molar-refractivity contribution in [1.82, 2.24) is 14.8 Å². The normalized spacial score (nSPS) is 25.2. The summed E-state index contributed by atoms with van der Waals surface area (Å²) in [6, 6.07) is 9.99. The number of pyridine rings is 1. The molecule has 0 bridgehead atoms. The van der Waals surface area contributed by atoms with Gasteiger partial charge >= 0.3 is 0 Å². The minimum absolute atomic E-state index is 0.259. The largest absolute Gasteiger partial charge is 0.396 e. The van der Waals surface area contributed by atoms with Crippen LogP contribution in [-0.4, -0.2) is 72.4 Å². The highest BCUT2D eigenvalue weighted by molar-refractivity contribution is 6.31. The maximum atomic E-state index is 9.82. The second-order valence-corrected chi connectivity index (χ2v) is 7.89. The summed E-state index contributed by atoms with van der Waals surface area (Å²) in [7, 11) is 0. The van der Waals surface area contributed by atoms with Crippen LogP contribution in [0.2, 0.25) is 5.02 Å². The molecule has 2 aliphatic rings. The average molecular weight is 376 g/mol. The van der Waals surface area contributed by atoms with E-state index in [1.807, 2.05) is 18.2 Å². The number of benzene rings is 1. The summed E-state index contributed by atoms with van der Waals surface area (Å²) in [4.78, 5) is 9.68. The highest BCUT2D eigenvalue weighted by atomic mass is 35.5. The molecule has 0 saturated carbocycles. The summed E-state index contributed by atoms with van der Waals surface area (Å²) < 4.78 is 5.44. The quantitative estimate of drug-likeness (QED) is 0.868. The number of aromatic nitrogens is 1. The van der Waals surface area contributed by atoms with Crippen LogP contribution >= 0.6 is 11.6 Å². The van der Waals surface area contributed by atoms with Crippen molar-refractivity contribution < 1.29 is 9.84 Å². The fourth-order valence-electron chi connectivity index (χ4n) is 4.15. The molecule has 1 aromatic heterocycles. The molecule has 2 saturated heterocycles. The lowest BCUT2D eigenvalue weighted by atomic mass is 9.96. The molecule has 0 spiro atoms. The van der Waals surface area contributed by atoms with Gasteiger partial charge in [0, 0.05) is 56.3 Å². The molecule has 0 unspecified atom stereocenters. The minimum Gasteiger partial charge on any atom is -0.396 e. The van der Waals surface area contributed by atoms with Gasteiger partial charge in [0.25, 0.3) is 0 Å². The predicted molar refractivity (Wildman–Crippen MR) is 103 cm³/mol. The lowest BCUT2D eigenvalue weighted by Gasteiger charge is -2.30. The number of nitrogens with zero attached hydrogens (tertiary/aromatic N) is 3. The Morgan fingerprint density at radius 1 is 1.08 bits per heavy atom. The van der Waals surface area contributed by atoms with Crippen LogP contribution in [0.25, 0.3) is 10.9 Å². The molecule has 26 heavy (non-hydrogen) atoms. The number of halogens is 1. The molecule has 6 heteroatoms. The number of hydrogen-bond donors (Lipinski definition) is 1. The van der Waals surface area contributed by atoms with Crippen molar-refractivity contribution in [2.24, 2.45) is 11.8 Å². The molecule has 140 valence electrons. The monoisotopic (exact) mass is 375 g/mol. The van der Waals surface area contributed by atoms with Crippen LogP contribution in [0.3, 0.4) is 0 Å². The van der Waals surface area contributed by atoms with Crippen LogP contribution in [0.1, 0.15) is 5.69 Å². The third-order valence-electron chi connectivity index (χ3n) is 5.58. The molecule has 5 nitrogen and oxygen atoms in total.